The highest BCUT2D eigenvalue weighted by molar-refractivity contribution is 6.46. The second kappa shape index (κ2) is 11.6. The lowest BCUT2D eigenvalue weighted by Gasteiger charge is -2.13. The van der Waals surface area contributed by atoms with E-state index in [4.69, 9.17) is 37.6 Å². The van der Waals surface area contributed by atoms with Crippen molar-refractivity contribution >= 4 is 40.5 Å². The molecule has 7 nitrogen and oxygen atoms in total. The van der Waals surface area contributed by atoms with Gasteiger partial charge in [-0.05, 0) is 18.2 Å². The van der Waals surface area contributed by atoms with E-state index in [1.165, 1.54) is 21.3 Å². The van der Waals surface area contributed by atoms with E-state index in [0.29, 0.717) is 11.1 Å². The molecule has 0 saturated heterocycles. The summed E-state index contributed by atoms with van der Waals surface area (Å²) in [6, 6.07) is 6.70. The number of nitrogens with zero attached hydrogens (tertiary/aromatic N) is 2. The summed E-state index contributed by atoms with van der Waals surface area (Å²) in [5.74, 6) is -2.35. The average molecular weight is 474 g/mol. The summed E-state index contributed by atoms with van der Waals surface area (Å²) in [4.78, 5) is 22.2. The first kappa shape index (κ1) is 24.5. The fourth-order valence-electron chi connectivity index (χ4n) is 2.62. The van der Waals surface area contributed by atoms with Crippen LogP contribution in [-0.2, 0) is 25.8 Å². The standard InChI is InChI=1S/C20H19Cl2F2N3O4/c1-25-20(28)19(27-30-3)12-5-4-6-14(22)13(12)9-31-26-17(10-29-2)18-15(23)7-11(21)8-16(18)24/h4-8H,9-10H2,1-3H3,(H,25,28)/b26-17+,27-19+. The molecule has 0 bridgehead atoms. The van der Waals surface area contributed by atoms with Crippen LogP contribution < -0.4 is 5.32 Å². The van der Waals surface area contributed by atoms with Crippen molar-refractivity contribution in [3.63, 3.8) is 0 Å². The van der Waals surface area contributed by atoms with Crippen LogP contribution in [0.2, 0.25) is 10.0 Å². The molecule has 0 aliphatic heterocycles. The third kappa shape index (κ3) is 6.13. The molecule has 0 aliphatic rings. The van der Waals surface area contributed by atoms with Crippen LogP contribution in [0, 0.1) is 11.6 Å². The highest BCUT2D eigenvalue weighted by Gasteiger charge is 2.21. The molecule has 0 fully saturated rings. The number of carbonyl (C=O) groups is 1. The number of carbonyl (C=O) groups excluding carboxylic acids is 1. The highest BCUT2D eigenvalue weighted by atomic mass is 35.5. The summed E-state index contributed by atoms with van der Waals surface area (Å²) in [5, 5.41) is 10.2. The van der Waals surface area contributed by atoms with Gasteiger partial charge in [0.25, 0.3) is 5.91 Å². The Hall–Kier alpha value is -2.75. The fourth-order valence-corrected chi connectivity index (χ4v) is 3.04. The first-order chi connectivity index (χ1) is 14.8. The molecule has 11 heteroatoms. The van der Waals surface area contributed by atoms with Gasteiger partial charge in [0.2, 0.25) is 0 Å². The number of halogens is 4. The molecule has 0 spiro atoms. The minimum atomic E-state index is -0.919. The van der Waals surface area contributed by atoms with Gasteiger partial charge in [0.15, 0.2) is 5.71 Å². The van der Waals surface area contributed by atoms with Gasteiger partial charge >= 0.3 is 0 Å². The zero-order valence-corrected chi connectivity index (χ0v) is 18.4. The third-order valence-corrected chi connectivity index (χ3v) is 4.53. The smallest absolute Gasteiger partial charge is 0.273 e. The van der Waals surface area contributed by atoms with E-state index in [1.807, 2.05) is 0 Å². The molecule has 2 aromatic carbocycles. The van der Waals surface area contributed by atoms with Crippen molar-refractivity contribution in [1.82, 2.24) is 5.32 Å². The predicted molar refractivity (Wildman–Crippen MR) is 114 cm³/mol. The lowest BCUT2D eigenvalue weighted by molar-refractivity contribution is -0.114. The Morgan fingerprint density at radius 3 is 2.39 bits per heavy atom. The molecule has 0 heterocycles. The van der Waals surface area contributed by atoms with Crippen LogP contribution in [0.5, 0.6) is 0 Å². The first-order valence-corrected chi connectivity index (χ1v) is 9.53. The first-order valence-electron chi connectivity index (χ1n) is 8.77. The fraction of sp³-hybridized carbons (Fsp3) is 0.250. The molecule has 0 radical (unpaired) electrons. The number of nitrogens with one attached hydrogen (secondary N) is 1. The number of hydrogen-bond acceptors (Lipinski definition) is 6. The SMILES string of the molecule is CNC(=O)/C(=N/OC)c1cccc(Cl)c1CO/N=C(\COC)c1c(F)cc(Cl)cc1F. The summed E-state index contributed by atoms with van der Waals surface area (Å²) in [6.45, 7) is -0.474. The summed E-state index contributed by atoms with van der Waals surface area (Å²) >= 11 is 11.9. The van der Waals surface area contributed by atoms with Crippen molar-refractivity contribution in [2.24, 2.45) is 10.3 Å². The Bertz CT molecular complexity index is 993. The minimum Gasteiger partial charge on any atom is -0.398 e. The second-order valence-corrected chi connectivity index (χ2v) is 6.80. The van der Waals surface area contributed by atoms with Crippen LogP contribution in [0.1, 0.15) is 16.7 Å². The molecular formula is C20H19Cl2F2N3O4. The van der Waals surface area contributed by atoms with E-state index in [9.17, 15) is 13.6 Å². The van der Waals surface area contributed by atoms with Gasteiger partial charge in [-0.1, -0.05) is 45.6 Å². The normalized spacial score (nSPS) is 12.0. The van der Waals surface area contributed by atoms with Gasteiger partial charge < -0.3 is 19.7 Å². The van der Waals surface area contributed by atoms with Gasteiger partial charge in [-0.25, -0.2) is 8.78 Å². The Morgan fingerprint density at radius 1 is 1.13 bits per heavy atom. The van der Waals surface area contributed by atoms with E-state index in [2.05, 4.69) is 15.6 Å². The predicted octanol–water partition coefficient (Wildman–Crippen LogP) is 3.94. The molecule has 0 aromatic heterocycles. The van der Waals surface area contributed by atoms with Crippen molar-refractivity contribution in [2.45, 2.75) is 6.61 Å². The summed E-state index contributed by atoms with van der Waals surface area (Å²) in [7, 11) is 4.06. The molecule has 1 N–H and O–H groups in total. The van der Waals surface area contributed by atoms with E-state index in [1.54, 1.807) is 18.2 Å². The molecule has 31 heavy (non-hydrogen) atoms. The molecular weight excluding hydrogens is 455 g/mol. The lowest BCUT2D eigenvalue weighted by Crippen LogP contribution is -2.29. The van der Waals surface area contributed by atoms with Gasteiger partial charge in [0.05, 0.1) is 12.2 Å². The quantitative estimate of drug-likeness (QED) is 0.441. The minimum absolute atomic E-state index is 0.0398. The number of methoxy groups -OCH3 is 1. The summed E-state index contributed by atoms with van der Waals surface area (Å²) < 4.78 is 33.5. The van der Waals surface area contributed by atoms with Gasteiger partial charge in [-0.15, -0.1) is 0 Å². The topological polar surface area (TPSA) is 81.5 Å². The van der Waals surface area contributed by atoms with E-state index in [-0.39, 0.29) is 34.7 Å². The van der Waals surface area contributed by atoms with E-state index < -0.39 is 23.1 Å². The number of ether oxygens (including phenoxy) is 1. The van der Waals surface area contributed by atoms with Crippen LogP contribution in [0.4, 0.5) is 8.78 Å². The Balaban J connectivity index is 2.40. The van der Waals surface area contributed by atoms with Crippen LogP contribution >= 0.6 is 23.2 Å². The van der Waals surface area contributed by atoms with Gasteiger partial charge in [0.1, 0.15) is 31.1 Å². The molecule has 0 saturated carbocycles. The maximum Gasteiger partial charge on any atom is 0.273 e. The highest BCUT2D eigenvalue weighted by Crippen LogP contribution is 2.24. The van der Waals surface area contributed by atoms with Crippen molar-refractivity contribution < 1.29 is 28.0 Å². The number of benzene rings is 2. The maximum absolute atomic E-state index is 14.3. The van der Waals surface area contributed by atoms with Crippen molar-refractivity contribution in [3.8, 4) is 0 Å². The van der Waals surface area contributed by atoms with E-state index >= 15 is 0 Å². The summed E-state index contributed by atoms with van der Waals surface area (Å²) in [6.07, 6.45) is 0. The van der Waals surface area contributed by atoms with Gasteiger partial charge in [-0.2, -0.15) is 0 Å². The molecule has 2 rings (SSSR count). The molecule has 0 atom stereocenters. The molecule has 166 valence electrons. The number of likely N-dealkylation sites (N-methyl/N-ethyl adjacent to an activating group) is 1. The van der Waals surface area contributed by atoms with Crippen molar-refractivity contribution in [2.75, 3.05) is 27.9 Å². The number of oxime groups is 2. The summed E-state index contributed by atoms with van der Waals surface area (Å²) in [5.41, 5.74) is 0.0849. The maximum atomic E-state index is 14.3. The Labute approximate surface area is 187 Å². The zero-order valence-electron chi connectivity index (χ0n) is 16.8. The van der Waals surface area contributed by atoms with Crippen LogP contribution in [-0.4, -0.2) is 45.2 Å². The molecule has 1 amide bonds. The molecule has 0 unspecified atom stereocenters. The monoisotopic (exact) mass is 473 g/mol. The zero-order chi connectivity index (χ0) is 23.0. The van der Waals surface area contributed by atoms with Gasteiger partial charge in [0, 0.05) is 35.3 Å². The second-order valence-electron chi connectivity index (χ2n) is 5.96. The molecule has 0 aliphatic carbocycles. The average Bonchev–Trinajstić information content (AvgIpc) is 2.72. The van der Waals surface area contributed by atoms with Gasteiger partial charge in [-0.3, -0.25) is 4.79 Å². The largest absolute Gasteiger partial charge is 0.398 e. The van der Waals surface area contributed by atoms with Crippen LogP contribution in [0.15, 0.2) is 40.6 Å². The number of amides is 1. The lowest BCUT2D eigenvalue weighted by atomic mass is 10.0. The Kier molecular flexibility index (Phi) is 9.17. The van der Waals surface area contributed by atoms with Crippen molar-refractivity contribution in [1.29, 1.82) is 0 Å². The van der Waals surface area contributed by atoms with E-state index in [0.717, 1.165) is 12.1 Å². The van der Waals surface area contributed by atoms with Crippen LogP contribution in [0.3, 0.4) is 0 Å². The number of hydrogen-bond donors (Lipinski definition) is 1. The molecule has 2 aromatic rings. The number of rotatable bonds is 9. The third-order valence-electron chi connectivity index (χ3n) is 3.96. The van der Waals surface area contributed by atoms with Crippen LogP contribution in [0.25, 0.3) is 0 Å². The van der Waals surface area contributed by atoms with Crippen molar-refractivity contribution in [3.05, 3.63) is 68.7 Å². The Morgan fingerprint density at radius 2 is 1.81 bits per heavy atom.